The van der Waals surface area contributed by atoms with Crippen LogP contribution in [0.15, 0.2) is 60.7 Å². The standard InChI is InChI=1S/C20H21ClN4/c1-2-12-22-20-24-18(16-6-4-3-5-7-16)13-19(25-20)23-14-15-8-10-17(21)11-9-15/h3-11,13H,2,12,14H2,1H3,(H2,22,23,24,25). The van der Waals surface area contributed by atoms with Gasteiger partial charge < -0.3 is 10.6 Å². The summed E-state index contributed by atoms with van der Waals surface area (Å²) in [5.41, 5.74) is 3.11. The van der Waals surface area contributed by atoms with Crippen LogP contribution in [-0.2, 0) is 6.54 Å². The fourth-order valence-corrected chi connectivity index (χ4v) is 2.53. The van der Waals surface area contributed by atoms with Gasteiger partial charge in [-0.3, -0.25) is 0 Å². The molecule has 128 valence electrons. The minimum absolute atomic E-state index is 0.641. The molecule has 2 N–H and O–H groups in total. The summed E-state index contributed by atoms with van der Waals surface area (Å²) in [6.07, 6.45) is 1.02. The van der Waals surface area contributed by atoms with Gasteiger partial charge in [-0.2, -0.15) is 4.98 Å². The minimum Gasteiger partial charge on any atom is -0.366 e. The molecule has 3 aromatic rings. The third kappa shape index (κ3) is 4.94. The Labute approximate surface area is 153 Å². The average Bonchev–Trinajstić information content (AvgIpc) is 2.66. The maximum atomic E-state index is 5.94. The molecule has 25 heavy (non-hydrogen) atoms. The SMILES string of the molecule is CCCNc1nc(NCc2ccc(Cl)cc2)cc(-c2ccccc2)n1. The van der Waals surface area contributed by atoms with Crippen molar-refractivity contribution < 1.29 is 0 Å². The molecule has 0 bridgehead atoms. The number of anilines is 2. The Bertz CT molecular complexity index is 804. The van der Waals surface area contributed by atoms with E-state index in [4.69, 9.17) is 11.6 Å². The lowest BCUT2D eigenvalue weighted by Gasteiger charge is -2.11. The van der Waals surface area contributed by atoms with Crippen molar-refractivity contribution in [3.8, 4) is 11.3 Å². The van der Waals surface area contributed by atoms with Crippen LogP contribution in [0.25, 0.3) is 11.3 Å². The molecule has 0 saturated carbocycles. The van der Waals surface area contributed by atoms with Gasteiger partial charge >= 0.3 is 0 Å². The van der Waals surface area contributed by atoms with E-state index in [1.54, 1.807) is 0 Å². The molecule has 3 rings (SSSR count). The Morgan fingerprint density at radius 2 is 1.68 bits per heavy atom. The number of nitrogens with one attached hydrogen (secondary N) is 2. The van der Waals surface area contributed by atoms with E-state index in [0.29, 0.717) is 12.5 Å². The smallest absolute Gasteiger partial charge is 0.225 e. The Hall–Kier alpha value is -2.59. The van der Waals surface area contributed by atoms with Crippen molar-refractivity contribution in [1.82, 2.24) is 9.97 Å². The van der Waals surface area contributed by atoms with Crippen LogP contribution in [-0.4, -0.2) is 16.5 Å². The summed E-state index contributed by atoms with van der Waals surface area (Å²) in [5.74, 6) is 1.43. The number of hydrogen-bond acceptors (Lipinski definition) is 4. The van der Waals surface area contributed by atoms with Crippen LogP contribution in [0, 0.1) is 0 Å². The predicted octanol–water partition coefficient (Wildman–Crippen LogP) is 5.23. The van der Waals surface area contributed by atoms with Crippen molar-refractivity contribution in [3.63, 3.8) is 0 Å². The molecule has 0 unspecified atom stereocenters. The maximum absolute atomic E-state index is 5.94. The third-order valence-electron chi connectivity index (χ3n) is 3.72. The van der Waals surface area contributed by atoms with E-state index in [-0.39, 0.29) is 0 Å². The molecule has 1 aromatic heterocycles. The van der Waals surface area contributed by atoms with E-state index >= 15 is 0 Å². The second-order valence-corrected chi connectivity index (χ2v) is 6.17. The van der Waals surface area contributed by atoms with Crippen LogP contribution in [0.1, 0.15) is 18.9 Å². The molecule has 0 atom stereocenters. The van der Waals surface area contributed by atoms with Gasteiger partial charge in [0.05, 0.1) is 5.69 Å². The lowest BCUT2D eigenvalue weighted by molar-refractivity contribution is 0.951. The van der Waals surface area contributed by atoms with Crippen LogP contribution in [0.3, 0.4) is 0 Å². The van der Waals surface area contributed by atoms with E-state index in [1.807, 2.05) is 48.5 Å². The largest absolute Gasteiger partial charge is 0.366 e. The first kappa shape index (κ1) is 17.2. The molecule has 4 nitrogen and oxygen atoms in total. The molecular weight excluding hydrogens is 332 g/mol. The van der Waals surface area contributed by atoms with Crippen LogP contribution >= 0.6 is 11.6 Å². The number of rotatable bonds is 7. The Morgan fingerprint density at radius 3 is 2.40 bits per heavy atom. The van der Waals surface area contributed by atoms with Gasteiger partial charge in [-0.1, -0.05) is 61.0 Å². The Kier molecular flexibility index (Phi) is 5.86. The summed E-state index contributed by atoms with van der Waals surface area (Å²) in [7, 11) is 0. The first-order chi connectivity index (χ1) is 12.2. The van der Waals surface area contributed by atoms with Crippen molar-refractivity contribution >= 4 is 23.4 Å². The van der Waals surface area contributed by atoms with Crippen molar-refractivity contribution in [2.75, 3.05) is 17.2 Å². The van der Waals surface area contributed by atoms with Crippen molar-refractivity contribution in [2.24, 2.45) is 0 Å². The number of halogens is 1. The van der Waals surface area contributed by atoms with Gasteiger partial charge in [0.25, 0.3) is 0 Å². The summed E-state index contributed by atoms with van der Waals surface area (Å²) in [6.45, 7) is 3.64. The first-order valence-electron chi connectivity index (χ1n) is 8.41. The lowest BCUT2D eigenvalue weighted by Crippen LogP contribution is -2.08. The van der Waals surface area contributed by atoms with Gasteiger partial charge in [0.2, 0.25) is 5.95 Å². The molecule has 2 aromatic carbocycles. The summed E-state index contributed by atoms with van der Waals surface area (Å²) in [5, 5.41) is 7.38. The lowest BCUT2D eigenvalue weighted by atomic mass is 10.1. The molecule has 1 heterocycles. The number of benzene rings is 2. The highest BCUT2D eigenvalue weighted by atomic mass is 35.5. The third-order valence-corrected chi connectivity index (χ3v) is 3.97. The van der Waals surface area contributed by atoms with Crippen LogP contribution in [0.4, 0.5) is 11.8 Å². The van der Waals surface area contributed by atoms with E-state index in [1.165, 1.54) is 0 Å². The minimum atomic E-state index is 0.641. The number of hydrogen-bond donors (Lipinski definition) is 2. The quantitative estimate of drug-likeness (QED) is 0.611. The summed E-state index contributed by atoms with van der Waals surface area (Å²) in [6, 6.07) is 19.9. The topological polar surface area (TPSA) is 49.8 Å². The fourth-order valence-electron chi connectivity index (χ4n) is 2.41. The normalized spacial score (nSPS) is 10.5. The zero-order chi connectivity index (χ0) is 17.5. The van der Waals surface area contributed by atoms with Gasteiger partial charge in [-0.15, -0.1) is 0 Å². The highest BCUT2D eigenvalue weighted by Gasteiger charge is 2.06. The van der Waals surface area contributed by atoms with Crippen molar-refractivity contribution in [1.29, 1.82) is 0 Å². The zero-order valence-electron chi connectivity index (χ0n) is 14.2. The van der Waals surface area contributed by atoms with Crippen LogP contribution < -0.4 is 10.6 Å². The summed E-state index contributed by atoms with van der Waals surface area (Å²) >= 11 is 5.94. The molecule has 0 radical (unpaired) electrons. The Morgan fingerprint density at radius 1 is 0.920 bits per heavy atom. The second-order valence-electron chi connectivity index (χ2n) is 5.73. The molecule has 0 aliphatic rings. The number of nitrogens with zero attached hydrogens (tertiary/aromatic N) is 2. The van der Waals surface area contributed by atoms with E-state index in [9.17, 15) is 0 Å². The van der Waals surface area contributed by atoms with Gasteiger partial charge in [0.15, 0.2) is 0 Å². The second kappa shape index (κ2) is 8.49. The van der Waals surface area contributed by atoms with E-state index < -0.39 is 0 Å². The molecule has 0 aliphatic carbocycles. The van der Waals surface area contributed by atoms with Gasteiger partial charge in [-0.05, 0) is 24.1 Å². The summed E-state index contributed by atoms with van der Waals surface area (Å²) < 4.78 is 0. The zero-order valence-corrected chi connectivity index (χ0v) is 14.9. The predicted molar refractivity (Wildman–Crippen MR) is 105 cm³/mol. The molecule has 0 aliphatic heterocycles. The average molecular weight is 353 g/mol. The van der Waals surface area contributed by atoms with E-state index in [0.717, 1.165) is 40.6 Å². The molecular formula is C20H21ClN4. The monoisotopic (exact) mass is 352 g/mol. The fraction of sp³-hybridized carbons (Fsp3) is 0.200. The molecule has 0 saturated heterocycles. The van der Waals surface area contributed by atoms with Gasteiger partial charge in [-0.25, -0.2) is 4.98 Å². The maximum Gasteiger partial charge on any atom is 0.225 e. The van der Waals surface area contributed by atoms with Gasteiger partial charge in [0.1, 0.15) is 5.82 Å². The molecule has 0 spiro atoms. The summed E-state index contributed by atoms with van der Waals surface area (Å²) in [4.78, 5) is 9.20. The molecule has 0 fully saturated rings. The molecule has 5 heteroatoms. The van der Waals surface area contributed by atoms with Crippen molar-refractivity contribution in [3.05, 3.63) is 71.2 Å². The van der Waals surface area contributed by atoms with Gasteiger partial charge in [0, 0.05) is 29.7 Å². The van der Waals surface area contributed by atoms with Crippen LogP contribution in [0.2, 0.25) is 5.02 Å². The number of aromatic nitrogens is 2. The first-order valence-corrected chi connectivity index (χ1v) is 8.79. The highest BCUT2D eigenvalue weighted by Crippen LogP contribution is 2.22. The highest BCUT2D eigenvalue weighted by molar-refractivity contribution is 6.30. The van der Waals surface area contributed by atoms with Crippen LogP contribution in [0.5, 0.6) is 0 Å². The van der Waals surface area contributed by atoms with Crippen molar-refractivity contribution in [2.45, 2.75) is 19.9 Å². The Balaban J connectivity index is 1.82. The molecule has 0 amide bonds. The van der Waals surface area contributed by atoms with E-state index in [2.05, 4.69) is 39.7 Å².